The molecular weight excluding hydrogens is 561 g/mol. The van der Waals surface area contributed by atoms with Gasteiger partial charge in [-0.05, 0) is 42.2 Å². The number of halogens is 2. The predicted molar refractivity (Wildman–Crippen MR) is 140 cm³/mol. The van der Waals surface area contributed by atoms with Gasteiger partial charge in [0.25, 0.3) is 0 Å². The van der Waals surface area contributed by atoms with E-state index in [2.05, 4.69) is 24.8 Å². The van der Waals surface area contributed by atoms with E-state index in [0.717, 1.165) is 16.7 Å². The number of ketones is 1. The first-order chi connectivity index (χ1) is 17.6. The zero-order valence-electron chi connectivity index (χ0n) is 19.2. The molecule has 1 aliphatic carbocycles. The first-order valence-electron chi connectivity index (χ1n) is 11.4. The smallest absolute Gasteiger partial charge is 0.333 e. The molecular formula is C23H23Cl2N5O5S2. The number of thiophene rings is 1. The fourth-order valence-corrected chi connectivity index (χ4v) is 6.64. The second-order valence-electron chi connectivity index (χ2n) is 9.03. The summed E-state index contributed by atoms with van der Waals surface area (Å²) in [4.78, 5) is 22.2. The third-order valence-corrected chi connectivity index (χ3v) is 8.65. The maximum absolute atomic E-state index is 13.5. The molecule has 0 bridgehead atoms. The minimum absolute atomic E-state index is 0.180. The van der Waals surface area contributed by atoms with Crippen LogP contribution in [0, 0.1) is 5.92 Å². The fraction of sp³-hybridized carbons (Fsp3) is 0.348. The zero-order chi connectivity index (χ0) is 26.3. The number of hydrogen-bond acceptors (Lipinski definition) is 10. The van der Waals surface area contributed by atoms with Gasteiger partial charge in [0.2, 0.25) is 5.78 Å². The largest absolute Gasteiger partial charge is 0.393 e. The van der Waals surface area contributed by atoms with E-state index in [1.807, 2.05) is 18.2 Å². The normalized spacial score (nSPS) is 23.2. The van der Waals surface area contributed by atoms with E-state index >= 15 is 0 Å². The number of nitrogens with two attached hydrogens (primary N) is 1. The SMILES string of the molecule is NS(=O)(=O)OC[C@H]1C[C@@H](Nc2ncncc2C(=O)c2cc(C3NCc4ccc(Cl)cc43)c(Cl)s2)C[C@@H]1O. The molecule has 2 aromatic heterocycles. The van der Waals surface area contributed by atoms with E-state index in [-0.39, 0.29) is 30.0 Å². The van der Waals surface area contributed by atoms with Gasteiger partial charge in [-0.15, -0.1) is 11.3 Å². The second-order valence-corrected chi connectivity index (χ2v) is 12.3. The lowest BCUT2D eigenvalue weighted by Gasteiger charge is -2.15. The van der Waals surface area contributed by atoms with Crippen molar-refractivity contribution in [1.29, 1.82) is 0 Å². The summed E-state index contributed by atoms with van der Waals surface area (Å²) in [6.07, 6.45) is 2.68. The molecule has 1 aromatic carbocycles. The van der Waals surface area contributed by atoms with Crippen LogP contribution in [0.3, 0.4) is 0 Å². The molecule has 5 N–H and O–H groups in total. The molecule has 37 heavy (non-hydrogen) atoms. The number of fused-ring (bicyclic) bond motifs is 1. The van der Waals surface area contributed by atoms with E-state index in [1.165, 1.54) is 23.9 Å². The van der Waals surface area contributed by atoms with Crippen molar-refractivity contribution < 1.29 is 22.5 Å². The molecule has 1 saturated carbocycles. The Hall–Kier alpha value is -2.16. The van der Waals surface area contributed by atoms with Crippen molar-refractivity contribution in [1.82, 2.24) is 15.3 Å². The number of anilines is 1. The Morgan fingerprint density at radius 3 is 2.86 bits per heavy atom. The standard InChI is InChI=1S/C23H23Cl2N5O5S2/c24-13-2-1-11-7-28-20(15(11)4-13)16-6-19(36-22(16)25)21(32)17-8-27-10-29-23(17)30-14-3-12(18(31)5-14)9-35-37(26,33)34/h1-2,4,6,8,10,12,14,18,20,28,31H,3,5,7,9H2,(H2,26,33,34)(H,27,29,30)/t12-,14-,18+,20?/m1/s1. The van der Waals surface area contributed by atoms with Crippen molar-refractivity contribution in [2.24, 2.45) is 11.1 Å². The van der Waals surface area contributed by atoms with Crippen LogP contribution in [0.4, 0.5) is 5.82 Å². The van der Waals surface area contributed by atoms with Crippen molar-refractivity contribution >= 4 is 56.4 Å². The number of carbonyl (C=O) groups is 1. The predicted octanol–water partition coefficient (Wildman–Crippen LogP) is 3.04. The number of nitrogens with zero attached hydrogens (tertiary/aromatic N) is 2. The maximum atomic E-state index is 13.5. The summed E-state index contributed by atoms with van der Waals surface area (Å²) in [5.41, 5.74) is 3.20. The first-order valence-corrected chi connectivity index (χ1v) is 14.4. The van der Waals surface area contributed by atoms with Gasteiger partial charge >= 0.3 is 10.3 Å². The highest BCUT2D eigenvalue weighted by molar-refractivity contribution is 7.84. The Bertz CT molecular complexity index is 1450. The van der Waals surface area contributed by atoms with E-state index in [9.17, 15) is 18.3 Å². The van der Waals surface area contributed by atoms with Crippen molar-refractivity contribution in [3.63, 3.8) is 0 Å². The highest BCUT2D eigenvalue weighted by Crippen LogP contribution is 2.40. The third kappa shape index (κ3) is 5.81. The minimum atomic E-state index is -4.10. The van der Waals surface area contributed by atoms with Gasteiger partial charge in [0.1, 0.15) is 12.1 Å². The number of aliphatic hydroxyl groups is 1. The van der Waals surface area contributed by atoms with E-state index in [4.69, 9.17) is 28.3 Å². The average Bonchev–Trinajstić information content (AvgIpc) is 3.53. The van der Waals surface area contributed by atoms with Crippen LogP contribution in [0.5, 0.6) is 0 Å². The van der Waals surface area contributed by atoms with Crippen molar-refractivity contribution in [2.45, 2.75) is 37.6 Å². The number of aromatic nitrogens is 2. The highest BCUT2D eigenvalue weighted by atomic mass is 35.5. The van der Waals surface area contributed by atoms with Crippen LogP contribution in [0.2, 0.25) is 9.36 Å². The number of benzene rings is 1. The zero-order valence-corrected chi connectivity index (χ0v) is 22.4. The quantitative estimate of drug-likeness (QED) is 0.292. The number of carbonyl (C=O) groups excluding carboxylic acids is 1. The lowest BCUT2D eigenvalue weighted by atomic mass is 10.00. The summed E-state index contributed by atoms with van der Waals surface area (Å²) in [5.74, 6) is -0.420. The van der Waals surface area contributed by atoms with E-state index in [0.29, 0.717) is 39.4 Å². The monoisotopic (exact) mass is 583 g/mol. The van der Waals surface area contributed by atoms with Gasteiger partial charge in [-0.2, -0.15) is 8.42 Å². The lowest BCUT2D eigenvalue weighted by molar-refractivity contribution is 0.101. The van der Waals surface area contributed by atoms with Crippen LogP contribution in [0.25, 0.3) is 0 Å². The molecule has 4 atom stereocenters. The Kier molecular flexibility index (Phi) is 7.53. The summed E-state index contributed by atoms with van der Waals surface area (Å²) in [6.45, 7) is 0.442. The van der Waals surface area contributed by atoms with Gasteiger partial charge in [0, 0.05) is 35.3 Å². The Labute approximate surface area is 227 Å². The Morgan fingerprint density at radius 2 is 2.08 bits per heavy atom. The van der Waals surface area contributed by atoms with Gasteiger partial charge in [-0.3, -0.25) is 8.98 Å². The molecule has 3 aromatic rings. The summed E-state index contributed by atoms with van der Waals surface area (Å²) in [5, 5.41) is 22.5. The number of nitrogens with one attached hydrogen (secondary N) is 2. The van der Waals surface area contributed by atoms with Crippen molar-refractivity contribution in [2.75, 3.05) is 11.9 Å². The van der Waals surface area contributed by atoms with Gasteiger partial charge in [-0.1, -0.05) is 29.3 Å². The molecule has 1 fully saturated rings. The number of rotatable bonds is 8. The average molecular weight is 585 g/mol. The molecule has 0 radical (unpaired) electrons. The summed E-state index contributed by atoms with van der Waals surface area (Å²) >= 11 is 14.0. The van der Waals surface area contributed by atoms with Crippen LogP contribution < -0.4 is 15.8 Å². The molecule has 10 nitrogen and oxygen atoms in total. The lowest BCUT2D eigenvalue weighted by Crippen LogP contribution is -2.24. The van der Waals surface area contributed by atoms with Crippen LogP contribution in [0.15, 0.2) is 36.8 Å². The van der Waals surface area contributed by atoms with Crippen LogP contribution in [-0.4, -0.2) is 48.0 Å². The topological polar surface area (TPSA) is 157 Å². The fourth-order valence-electron chi connectivity index (χ4n) is 4.81. The molecule has 1 unspecified atom stereocenters. The summed E-state index contributed by atoms with van der Waals surface area (Å²) in [6, 6.07) is 7.05. The molecule has 196 valence electrons. The minimum Gasteiger partial charge on any atom is -0.393 e. The maximum Gasteiger partial charge on any atom is 0.333 e. The molecule has 0 saturated heterocycles. The third-order valence-electron chi connectivity index (χ3n) is 6.57. The van der Waals surface area contributed by atoms with Gasteiger partial charge < -0.3 is 15.7 Å². The van der Waals surface area contributed by atoms with Crippen LogP contribution in [0.1, 0.15) is 50.8 Å². The molecule has 3 heterocycles. The van der Waals surface area contributed by atoms with Crippen molar-refractivity contribution in [3.8, 4) is 0 Å². The van der Waals surface area contributed by atoms with Gasteiger partial charge in [0.15, 0.2) is 0 Å². The molecule has 2 aliphatic rings. The van der Waals surface area contributed by atoms with Crippen LogP contribution >= 0.6 is 34.5 Å². The second kappa shape index (κ2) is 10.5. The molecule has 14 heteroatoms. The van der Waals surface area contributed by atoms with Gasteiger partial charge in [-0.25, -0.2) is 15.1 Å². The highest BCUT2D eigenvalue weighted by Gasteiger charge is 2.35. The first kappa shape index (κ1) is 26.4. The van der Waals surface area contributed by atoms with Crippen LogP contribution in [-0.2, 0) is 21.0 Å². The summed E-state index contributed by atoms with van der Waals surface area (Å²) in [7, 11) is -4.10. The molecule has 1 aliphatic heterocycles. The summed E-state index contributed by atoms with van der Waals surface area (Å²) < 4.78 is 27.3. The Balaban J connectivity index is 1.34. The Morgan fingerprint density at radius 1 is 1.27 bits per heavy atom. The molecule has 0 amide bonds. The number of aliphatic hydroxyl groups excluding tert-OH is 1. The van der Waals surface area contributed by atoms with E-state index in [1.54, 1.807) is 6.07 Å². The van der Waals surface area contributed by atoms with Crippen molar-refractivity contribution in [3.05, 3.63) is 73.3 Å². The van der Waals surface area contributed by atoms with E-state index < -0.39 is 22.3 Å². The number of hydrogen-bond donors (Lipinski definition) is 4. The van der Waals surface area contributed by atoms with Gasteiger partial charge in [0.05, 0.1) is 33.5 Å². The molecule has 5 rings (SSSR count). The molecule has 0 spiro atoms.